The summed E-state index contributed by atoms with van der Waals surface area (Å²) < 4.78 is 12.8. The topological polar surface area (TPSA) is 62.2 Å². The number of hydrogen-bond donors (Lipinski definition) is 2. The first kappa shape index (κ1) is 26.1. The molecule has 1 aromatic carbocycles. The van der Waals surface area contributed by atoms with Crippen LogP contribution in [0.5, 0.6) is 5.75 Å². The first-order chi connectivity index (χ1) is 17.8. The van der Waals surface area contributed by atoms with E-state index in [1.165, 1.54) is 31.5 Å². The van der Waals surface area contributed by atoms with Gasteiger partial charge >= 0.3 is 0 Å². The maximum Gasteiger partial charge on any atom is 0.119 e. The van der Waals surface area contributed by atoms with Crippen LogP contribution < -0.4 is 4.74 Å². The van der Waals surface area contributed by atoms with E-state index in [4.69, 9.17) is 9.47 Å². The summed E-state index contributed by atoms with van der Waals surface area (Å²) in [5.74, 6) is 2.29. The lowest BCUT2D eigenvalue weighted by Gasteiger charge is -2.64. The average Bonchev–Trinajstić information content (AvgIpc) is 3.50. The molecule has 0 aromatic heterocycles. The van der Waals surface area contributed by atoms with Crippen molar-refractivity contribution >= 4 is 0 Å². The molecule has 5 fully saturated rings. The van der Waals surface area contributed by atoms with Crippen LogP contribution >= 0.6 is 0 Å². The van der Waals surface area contributed by atoms with Crippen LogP contribution in [0.25, 0.3) is 0 Å². The van der Waals surface area contributed by atoms with Gasteiger partial charge in [-0.2, -0.15) is 0 Å². The molecule has 5 heteroatoms. The van der Waals surface area contributed by atoms with E-state index in [1.807, 2.05) is 6.07 Å². The van der Waals surface area contributed by atoms with Crippen molar-refractivity contribution in [2.24, 2.45) is 28.6 Å². The summed E-state index contributed by atoms with van der Waals surface area (Å²) in [6, 6.07) is 8.48. The smallest absolute Gasteiger partial charge is 0.119 e. The number of aliphatic hydroxyl groups excluding tert-OH is 1. The van der Waals surface area contributed by atoms with Crippen molar-refractivity contribution in [1.29, 1.82) is 0 Å². The van der Waals surface area contributed by atoms with Gasteiger partial charge in [-0.15, -0.1) is 0 Å². The lowest BCUT2D eigenvalue weighted by atomic mass is 9.42. The molecule has 3 unspecified atom stereocenters. The van der Waals surface area contributed by atoms with Crippen LogP contribution in [0, 0.1) is 28.6 Å². The molecule has 4 aliphatic carbocycles. The molecule has 0 amide bonds. The highest BCUT2D eigenvalue weighted by atomic mass is 16.5. The highest BCUT2D eigenvalue weighted by molar-refractivity contribution is 5.38. The summed E-state index contributed by atoms with van der Waals surface area (Å²) >= 11 is 0. The molecule has 1 aliphatic heterocycles. The monoisotopic (exact) mass is 511 g/mol. The first-order valence-corrected chi connectivity index (χ1v) is 15.2. The van der Waals surface area contributed by atoms with Crippen LogP contribution in [0.3, 0.4) is 0 Å². The number of rotatable bonds is 6. The summed E-state index contributed by atoms with van der Waals surface area (Å²) in [7, 11) is 1.73. The van der Waals surface area contributed by atoms with Crippen molar-refractivity contribution in [3.8, 4) is 5.75 Å². The quantitative estimate of drug-likeness (QED) is 0.527. The largest absolute Gasteiger partial charge is 0.497 e. The third-order valence-electron chi connectivity index (χ3n) is 12.4. The van der Waals surface area contributed by atoms with Gasteiger partial charge in [0.25, 0.3) is 0 Å². The van der Waals surface area contributed by atoms with Crippen LogP contribution in [0.4, 0.5) is 0 Å². The van der Waals surface area contributed by atoms with Gasteiger partial charge in [-0.3, -0.25) is 0 Å². The Labute approximate surface area is 223 Å². The molecule has 1 saturated heterocycles. The lowest BCUT2D eigenvalue weighted by Crippen LogP contribution is -2.65. The fraction of sp³-hybridized carbons (Fsp3) is 0.812. The summed E-state index contributed by atoms with van der Waals surface area (Å²) in [4.78, 5) is 2.53. The number of aliphatic hydroxyl groups is 2. The molecule has 2 N–H and O–H groups in total. The number of fused-ring (bicyclic) bond motifs is 5. The Morgan fingerprint density at radius 2 is 1.78 bits per heavy atom. The van der Waals surface area contributed by atoms with Crippen LogP contribution in [0.2, 0.25) is 0 Å². The van der Waals surface area contributed by atoms with Crippen molar-refractivity contribution < 1.29 is 19.7 Å². The molecule has 4 saturated carbocycles. The second-order valence-electron chi connectivity index (χ2n) is 13.7. The van der Waals surface area contributed by atoms with Crippen molar-refractivity contribution in [3.05, 3.63) is 29.8 Å². The van der Waals surface area contributed by atoms with Crippen LogP contribution in [0.1, 0.15) is 90.0 Å². The Bertz CT molecular complexity index is 979. The van der Waals surface area contributed by atoms with Gasteiger partial charge in [0.05, 0.1) is 25.4 Å². The first-order valence-electron chi connectivity index (χ1n) is 15.2. The Balaban J connectivity index is 1.35. The minimum Gasteiger partial charge on any atom is -0.497 e. The van der Waals surface area contributed by atoms with Crippen LogP contribution in [-0.2, 0) is 10.3 Å². The van der Waals surface area contributed by atoms with Crippen molar-refractivity contribution in [2.45, 2.75) is 102 Å². The maximum absolute atomic E-state index is 12.9. The molecule has 37 heavy (non-hydrogen) atoms. The van der Waals surface area contributed by atoms with E-state index in [1.54, 1.807) is 7.11 Å². The van der Waals surface area contributed by atoms with E-state index < -0.39 is 11.2 Å². The average molecular weight is 512 g/mol. The van der Waals surface area contributed by atoms with Crippen LogP contribution in [-0.4, -0.2) is 60.2 Å². The van der Waals surface area contributed by atoms with E-state index in [-0.39, 0.29) is 16.9 Å². The summed E-state index contributed by atoms with van der Waals surface area (Å²) in [6.07, 6.45) is 11.4. The molecular formula is C32H49NO4. The zero-order valence-corrected chi connectivity index (χ0v) is 23.4. The zero-order valence-electron chi connectivity index (χ0n) is 23.4. The Kier molecular flexibility index (Phi) is 6.70. The second kappa shape index (κ2) is 9.50. The third-order valence-corrected chi connectivity index (χ3v) is 12.4. The predicted octanol–water partition coefficient (Wildman–Crippen LogP) is 5.52. The van der Waals surface area contributed by atoms with E-state index >= 15 is 0 Å². The van der Waals surface area contributed by atoms with E-state index in [9.17, 15) is 10.2 Å². The maximum atomic E-state index is 12.9. The molecular weight excluding hydrogens is 462 g/mol. The fourth-order valence-corrected chi connectivity index (χ4v) is 10.2. The van der Waals surface area contributed by atoms with Crippen molar-refractivity contribution in [3.63, 3.8) is 0 Å². The SMILES string of the molecule is COc1cccc(C2(OCCN3CCCC3)CC[C@@]3(O)[C@@H]4CCC5CC(O)CC[C@]5(C)[C@@H]4CC[C@]23C)c1. The van der Waals surface area contributed by atoms with Crippen LogP contribution in [0.15, 0.2) is 24.3 Å². The summed E-state index contributed by atoms with van der Waals surface area (Å²) in [5, 5.41) is 23.3. The molecule has 8 atom stereocenters. The number of hydrogen-bond acceptors (Lipinski definition) is 5. The molecule has 5 nitrogen and oxygen atoms in total. The number of likely N-dealkylation sites (tertiary alicyclic amines) is 1. The van der Waals surface area contributed by atoms with Gasteiger partial charge in [-0.1, -0.05) is 26.0 Å². The minimum atomic E-state index is -0.739. The van der Waals surface area contributed by atoms with Gasteiger partial charge < -0.3 is 24.6 Å². The Morgan fingerprint density at radius 1 is 0.973 bits per heavy atom. The van der Waals surface area contributed by atoms with Gasteiger partial charge in [-0.25, -0.2) is 0 Å². The molecule has 0 radical (unpaired) electrons. The molecule has 5 aliphatic rings. The lowest BCUT2D eigenvalue weighted by molar-refractivity contribution is -0.249. The predicted molar refractivity (Wildman–Crippen MR) is 145 cm³/mol. The highest BCUT2D eigenvalue weighted by Crippen LogP contribution is 2.72. The van der Waals surface area contributed by atoms with Crippen molar-refractivity contribution in [2.75, 3.05) is 33.4 Å². The molecule has 0 spiro atoms. The molecule has 0 bridgehead atoms. The van der Waals surface area contributed by atoms with Gasteiger partial charge in [0.1, 0.15) is 11.4 Å². The van der Waals surface area contributed by atoms with Gasteiger partial charge in [-0.05, 0) is 125 Å². The van der Waals surface area contributed by atoms with Gasteiger partial charge in [0, 0.05) is 12.0 Å². The number of benzene rings is 1. The van der Waals surface area contributed by atoms with Gasteiger partial charge in [0.2, 0.25) is 0 Å². The molecule has 1 heterocycles. The minimum absolute atomic E-state index is 0.136. The second-order valence-corrected chi connectivity index (χ2v) is 13.7. The summed E-state index contributed by atoms with van der Waals surface area (Å²) in [6.45, 7) is 8.86. The summed E-state index contributed by atoms with van der Waals surface area (Å²) in [5.41, 5.74) is -0.198. The molecule has 206 valence electrons. The number of nitrogens with zero attached hydrogens (tertiary/aromatic N) is 1. The van der Waals surface area contributed by atoms with E-state index in [2.05, 4.69) is 36.9 Å². The van der Waals surface area contributed by atoms with E-state index in [0.717, 1.165) is 70.1 Å². The Hall–Kier alpha value is -1.14. The standard InChI is InChI=1S/C32H49NO4/c1-29-13-11-25(34)21-23(29)9-10-28-27(29)12-14-30(2)31(28,35)15-16-32(30,24-7-6-8-26(22-24)36-3)37-20-19-33-17-4-5-18-33/h6-8,22-23,25,27-28,34-35H,4-5,9-21H2,1-3H3/t23?,25?,27-,28-,29+,30+,31-,32?/m1/s1. The molecule has 6 rings (SSSR count). The Morgan fingerprint density at radius 3 is 2.57 bits per heavy atom. The zero-order chi connectivity index (χ0) is 25.9. The van der Waals surface area contributed by atoms with Crippen molar-refractivity contribution in [1.82, 2.24) is 4.90 Å². The fourth-order valence-electron chi connectivity index (χ4n) is 10.2. The van der Waals surface area contributed by atoms with E-state index in [0.29, 0.717) is 24.4 Å². The molecule has 1 aromatic rings. The number of ether oxygens (including phenoxy) is 2. The number of methoxy groups -OCH3 is 1. The third kappa shape index (κ3) is 3.85. The van der Waals surface area contributed by atoms with Gasteiger partial charge in [0.15, 0.2) is 0 Å². The highest BCUT2D eigenvalue weighted by Gasteiger charge is 2.72. The normalized spacial score (nSPS) is 45.8.